The molecule has 0 N–H and O–H groups in total. The molecule has 1 heterocycles. The summed E-state index contributed by atoms with van der Waals surface area (Å²) < 4.78 is 2.94. The van der Waals surface area contributed by atoms with Crippen molar-refractivity contribution in [3.05, 3.63) is 57.8 Å². The third-order valence-corrected chi connectivity index (χ3v) is 4.75. The molecule has 1 aromatic heterocycles. The smallest absolute Gasteiger partial charge is 0.270 e. The first-order chi connectivity index (χ1) is 10.1. The van der Waals surface area contributed by atoms with E-state index in [4.69, 9.17) is 0 Å². The van der Waals surface area contributed by atoms with E-state index in [0.717, 1.165) is 29.6 Å². The van der Waals surface area contributed by atoms with Crippen LogP contribution >= 0.6 is 15.9 Å². The van der Waals surface area contributed by atoms with Gasteiger partial charge in [-0.25, -0.2) is 0 Å². The minimum Gasteiger partial charge on any atom is -0.343 e. The van der Waals surface area contributed by atoms with Gasteiger partial charge >= 0.3 is 0 Å². The number of rotatable bonds is 3. The van der Waals surface area contributed by atoms with Crippen LogP contribution in [0.5, 0.6) is 0 Å². The van der Waals surface area contributed by atoms with E-state index in [1.807, 2.05) is 35.7 Å². The van der Waals surface area contributed by atoms with Crippen LogP contribution in [0.3, 0.4) is 0 Å². The lowest BCUT2D eigenvalue weighted by Crippen LogP contribution is -2.31. The molecule has 1 atom stereocenters. The summed E-state index contributed by atoms with van der Waals surface area (Å²) in [6, 6.07) is 10.5. The zero-order chi connectivity index (χ0) is 15.0. The van der Waals surface area contributed by atoms with Gasteiger partial charge in [0.15, 0.2) is 0 Å². The fourth-order valence-corrected chi connectivity index (χ4v) is 3.64. The molecule has 1 aliphatic rings. The lowest BCUT2D eigenvalue weighted by atomic mass is 10.1. The number of nitrogens with zero attached hydrogens (tertiary/aromatic N) is 2. The number of carbonyl (C=O) groups is 1. The Morgan fingerprint density at radius 1 is 1.43 bits per heavy atom. The van der Waals surface area contributed by atoms with Crippen molar-refractivity contribution >= 4 is 21.8 Å². The second kappa shape index (κ2) is 5.68. The number of amides is 1. The summed E-state index contributed by atoms with van der Waals surface area (Å²) in [5, 5.41) is 0. The van der Waals surface area contributed by atoms with Gasteiger partial charge < -0.3 is 9.47 Å². The van der Waals surface area contributed by atoms with Crippen LogP contribution in [-0.2, 0) is 13.0 Å². The summed E-state index contributed by atoms with van der Waals surface area (Å²) >= 11 is 3.46. The third-order valence-electron chi connectivity index (χ3n) is 4.31. The van der Waals surface area contributed by atoms with Crippen molar-refractivity contribution in [1.29, 1.82) is 0 Å². The molecule has 21 heavy (non-hydrogen) atoms. The predicted octanol–water partition coefficient (Wildman–Crippen LogP) is 4.03. The molecule has 110 valence electrons. The van der Waals surface area contributed by atoms with Crippen LogP contribution in [0.2, 0.25) is 0 Å². The zero-order valence-corrected chi connectivity index (χ0v) is 13.9. The normalized spacial score (nSPS) is 16.8. The molecular formula is C17H19BrN2O. The first-order valence-corrected chi connectivity index (χ1v) is 8.11. The van der Waals surface area contributed by atoms with Gasteiger partial charge in [0.2, 0.25) is 0 Å². The second-order valence-corrected chi connectivity index (χ2v) is 6.41. The van der Waals surface area contributed by atoms with Crippen LogP contribution in [0.1, 0.15) is 41.0 Å². The van der Waals surface area contributed by atoms with Crippen molar-refractivity contribution < 1.29 is 4.79 Å². The highest BCUT2D eigenvalue weighted by molar-refractivity contribution is 9.10. The minimum absolute atomic E-state index is 0.0873. The van der Waals surface area contributed by atoms with Crippen LogP contribution in [-0.4, -0.2) is 22.4 Å². The van der Waals surface area contributed by atoms with Crippen molar-refractivity contribution in [1.82, 2.24) is 9.47 Å². The quantitative estimate of drug-likeness (QED) is 0.823. The number of aromatic nitrogens is 1. The molecule has 0 spiro atoms. The Hall–Kier alpha value is -1.55. The molecule has 0 fully saturated rings. The van der Waals surface area contributed by atoms with E-state index in [-0.39, 0.29) is 11.9 Å². The molecule has 3 nitrogen and oxygen atoms in total. The molecule has 0 saturated carbocycles. The van der Waals surface area contributed by atoms with E-state index in [0.29, 0.717) is 0 Å². The highest BCUT2D eigenvalue weighted by Crippen LogP contribution is 2.35. The number of hydrogen-bond donors (Lipinski definition) is 0. The van der Waals surface area contributed by atoms with Gasteiger partial charge in [-0.1, -0.05) is 24.3 Å². The molecule has 1 amide bonds. The van der Waals surface area contributed by atoms with E-state index in [1.165, 1.54) is 11.1 Å². The van der Waals surface area contributed by atoms with E-state index < -0.39 is 0 Å². The molecule has 0 aliphatic heterocycles. The largest absolute Gasteiger partial charge is 0.343 e. The fraction of sp³-hybridized carbons (Fsp3) is 0.353. The van der Waals surface area contributed by atoms with Crippen LogP contribution in [0.15, 0.2) is 41.0 Å². The monoisotopic (exact) mass is 346 g/mol. The molecule has 1 unspecified atom stereocenters. The average Bonchev–Trinajstić information content (AvgIpc) is 3.08. The summed E-state index contributed by atoms with van der Waals surface area (Å²) in [6.07, 6.45) is 4.02. The number of hydrogen-bond acceptors (Lipinski definition) is 1. The molecule has 0 saturated heterocycles. The lowest BCUT2D eigenvalue weighted by Gasteiger charge is -2.26. The SMILES string of the molecule is CCn1cc(Br)cc1C(=O)N(C)C1CCc2ccccc21. The van der Waals surface area contributed by atoms with E-state index in [1.54, 1.807) is 0 Å². The summed E-state index contributed by atoms with van der Waals surface area (Å²) in [5.41, 5.74) is 3.41. The molecule has 1 aromatic carbocycles. The highest BCUT2D eigenvalue weighted by Gasteiger charge is 2.29. The van der Waals surface area contributed by atoms with Crippen LogP contribution in [0.4, 0.5) is 0 Å². The number of fused-ring (bicyclic) bond motifs is 1. The Labute approximate surface area is 133 Å². The number of carbonyl (C=O) groups excluding carboxylic acids is 1. The zero-order valence-electron chi connectivity index (χ0n) is 12.3. The predicted molar refractivity (Wildman–Crippen MR) is 87.4 cm³/mol. The number of aryl methyl sites for hydroxylation is 2. The van der Waals surface area contributed by atoms with Crippen LogP contribution in [0, 0.1) is 0 Å². The second-order valence-electron chi connectivity index (χ2n) is 5.50. The first-order valence-electron chi connectivity index (χ1n) is 7.32. The van der Waals surface area contributed by atoms with Gasteiger partial charge in [-0.05, 0) is 52.9 Å². The van der Waals surface area contributed by atoms with Crippen molar-refractivity contribution in [3.8, 4) is 0 Å². The maximum Gasteiger partial charge on any atom is 0.270 e. The standard InChI is InChI=1S/C17H19BrN2O/c1-3-20-11-13(18)10-16(20)17(21)19(2)15-9-8-12-6-4-5-7-14(12)15/h4-7,10-11,15H,3,8-9H2,1-2H3. The van der Waals surface area contributed by atoms with Crippen LogP contribution in [0.25, 0.3) is 0 Å². The van der Waals surface area contributed by atoms with Crippen molar-refractivity contribution in [2.75, 3.05) is 7.05 Å². The Kier molecular flexibility index (Phi) is 3.89. The van der Waals surface area contributed by atoms with Gasteiger partial charge in [0.1, 0.15) is 5.69 Å². The summed E-state index contributed by atoms with van der Waals surface area (Å²) in [4.78, 5) is 14.7. The fourth-order valence-electron chi connectivity index (χ4n) is 3.17. The number of halogens is 1. The molecular weight excluding hydrogens is 328 g/mol. The maximum absolute atomic E-state index is 12.8. The van der Waals surface area contributed by atoms with Crippen molar-refractivity contribution in [2.24, 2.45) is 0 Å². The molecule has 0 radical (unpaired) electrons. The van der Waals surface area contributed by atoms with Gasteiger partial charge in [0.05, 0.1) is 6.04 Å². The van der Waals surface area contributed by atoms with Gasteiger partial charge in [0, 0.05) is 24.3 Å². The van der Waals surface area contributed by atoms with E-state index >= 15 is 0 Å². The van der Waals surface area contributed by atoms with Gasteiger partial charge in [-0.15, -0.1) is 0 Å². The molecule has 2 aromatic rings. The van der Waals surface area contributed by atoms with Gasteiger partial charge in [0.25, 0.3) is 5.91 Å². The van der Waals surface area contributed by atoms with Crippen LogP contribution < -0.4 is 0 Å². The third kappa shape index (κ3) is 2.53. The Morgan fingerprint density at radius 2 is 2.19 bits per heavy atom. The Balaban J connectivity index is 1.89. The Bertz CT molecular complexity index is 677. The first kappa shape index (κ1) is 14.4. The minimum atomic E-state index is 0.0873. The average molecular weight is 347 g/mol. The van der Waals surface area contributed by atoms with Gasteiger partial charge in [-0.2, -0.15) is 0 Å². The lowest BCUT2D eigenvalue weighted by molar-refractivity contribution is 0.0719. The maximum atomic E-state index is 12.8. The molecule has 0 bridgehead atoms. The molecule has 3 rings (SSSR count). The van der Waals surface area contributed by atoms with E-state index in [9.17, 15) is 4.79 Å². The number of benzene rings is 1. The summed E-state index contributed by atoms with van der Waals surface area (Å²) in [7, 11) is 1.91. The highest BCUT2D eigenvalue weighted by atomic mass is 79.9. The Morgan fingerprint density at radius 3 is 2.95 bits per heavy atom. The van der Waals surface area contributed by atoms with E-state index in [2.05, 4.69) is 40.2 Å². The topological polar surface area (TPSA) is 25.2 Å². The van der Waals surface area contributed by atoms with Gasteiger partial charge in [-0.3, -0.25) is 4.79 Å². The molecule has 4 heteroatoms. The van der Waals surface area contributed by atoms with Crippen molar-refractivity contribution in [2.45, 2.75) is 32.4 Å². The molecule has 1 aliphatic carbocycles. The summed E-state index contributed by atoms with van der Waals surface area (Å²) in [5.74, 6) is 0.0873. The summed E-state index contributed by atoms with van der Waals surface area (Å²) in [6.45, 7) is 2.84. The van der Waals surface area contributed by atoms with Crippen molar-refractivity contribution in [3.63, 3.8) is 0 Å².